The van der Waals surface area contributed by atoms with E-state index in [0.717, 1.165) is 21.0 Å². The minimum atomic E-state index is -3.58. The first-order valence-corrected chi connectivity index (χ1v) is 10.5. The molecule has 2 aromatic rings. The normalized spacial score (nSPS) is 12.5. The summed E-state index contributed by atoms with van der Waals surface area (Å²) in [6.07, 6.45) is -1.02. The maximum atomic E-state index is 12.5. The van der Waals surface area contributed by atoms with E-state index in [4.69, 9.17) is 4.74 Å². The van der Waals surface area contributed by atoms with E-state index in [0.29, 0.717) is 5.69 Å². The van der Waals surface area contributed by atoms with Crippen molar-refractivity contribution in [2.24, 2.45) is 0 Å². The van der Waals surface area contributed by atoms with Gasteiger partial charge in [-0.1, -0.05) is 17.7 Å². The molecule has 0 unspecified atom stereocenters. The molecular weight excluding hydrogens is 392 g/mol. The molecule has 0 bridgehead atoms. The molecule has 0 spiro atoms. The Morgan fingerprint density at radius 3 is 2.00 bits per heavy atom. The van der Waals surface area contributed by atoms with Gasteiger partial charge in [-0.3, -0.25) is 4.79 Å². The molecule has 0 fully saturated rings. The van der Waals surface area contributed by atoms with Crippen molar-refractivity contribution in [2.75, 3.05) is 19.4 Å². The molecule has 2 rings (SSSR count). The zero-order chi connectivity index (χ0) is 21.9. The Labute approximate surface area is 171 Å². The highest BCUT2D eigenvalue weighted by atomic mass is 32.2. The molecule has 0 aliphatic carbocycles. The summed E-state index contributed by atoms with van der Waals surface area (Å²) in [5.41, 5.74) is 3.79. The van der Waals surface area contributed by atoms with Crippen LogP contribution in [0.1, 0.15) is 34.0 Å². The third-order valence-corrected chi connectivity index (χ3v) is 6.28. The second-order valence-corrected chi connectivity index (χ2v) is 9.27. The Kier molecular flexibility index (Phi) is 6.81. The van der Waals surface area contributed by atoms with Gasteiger partial charge in [0, 0.05) is 19.8 Å². The van der Waals surface area contributed by atoms with Gasteiger partial charge in [0.2, 0.25) is 10.0 Å². The number of nitrogens with one attached hydrogen (secondary N) is 1. The quantitative estimate of drug-likeness (QED) is 0.728. The molecule has 8 heteroatoms. The first-order chi connectivity index (χ1) is 13.4. The fourth-order valence-electron chi connectivity index (χ4n) is 2.86. The number of hydrogen-bond donors (Lipinski definition) is 1. The lowest BCUT2D eigenvalue weighted by Crippen LogP contribution is -2.30. The highest BCUT2D eigenvalue weighted by molar-refractivity contribution is 7.89. The van der Waals surface area contributed by atoms with Crippen molar-refractivity contribution < 1.29 is 22.7 Å². The Morgan fingerprint density at radius 1 is 1.00 bits per heavy atom. The van der Waals surface area contributed by atoms with Crippen LogP contribution in [0.25, 0.3) is 0 Å². The largest absolute Gasteiger partial charge is 0.449 e. The Hall–Kier alpha value is -2.71. The molecule has 0 aromatic heterocycles. The van der Waals surface area contributed by atoms with Gasteiger partial charge in [-0.2, -0.15) is 0 Å². The highest BCUT2D eigenvalue weighted by Crippen LogP contribution is 2.22. The summed E-state index contributed by atoms with van der Waals surface area (Å²) in [7, 11) is -0.733. The summed E-state index contributed by atoms with van der Waals surface area (Å²) in [6.45, 7) is 7.26. The number of ether oxygens (including phenoxy) is 1. The molecule has 0 heterocycles. The number of benzene rings is 2. The summed E-state index contributed by atoms with van der Waals surface area (Å²) in [5, 5.41) is 2.80. The molecule has 0 aliphatic rings. The van der Waals surface area contributed by atoms with Crippen LogP contribution >= 0.6 is 0 Å². The van der Waals surface area contributed by atoms with E-state index in [2.05, 4.69) is 5.32 Å². The Morgan fingerprint density at radius 2 is 1.52 bits per heavy atom. The van der Waals surface area contributed by atoms with Crippen LogP contribution in [0.4, 0.5) is 5.69 Å². The third kappa shape index (κ3) is 5.21. The first kappa shape index (κ1) is 22.6. The number of esters is 1. The molecule has 2 aromatic carbocycles. The van der Waals surface area contributed by atoms with Gasteiger partial charge < -0.3 is 10.1 Å². The van der Waals surface area contributed by atoms with E-state index < -0.39 is 28.0 Å². The molecule has 0 saturated carbocycles. The predicted molar refractivity (Wildman–Crippen MR) is 111 cm³/mol. The van der Waals surface area contributed by atoms with Gasteiger partial charge >= 0.3 is 5.97 Å². The summed E-state index contributed by atoms with van der Waals surface area (Å²) in [5.74, 6) is -1.15. The standard InChI is InChI=1S/C21H26N2O5S/c1-13-11-14(2)19(15(3)12-13)22-20(24)16(4)28-21(25)17-7-9-18(10-8-17)29(26,27)23(5)6/h7-12,16H,1-6H3,(H,22,24)/t16-/m0/s1. The second-order valence-electron chi connectivity index (χ2n) is 7.12. The number of rotatable bonds is 6. The smallest absolute Gasteiger partial charge is 0.338 e. The van der Waals surface area contributed by atoms with Gasteiger partial charge in [-0.05, 0) is 63.1 Å². The van der Waals surface area contributed by atoms with Gasteiger partial charge in [-0.25, -0.2) is 17.5 Å². The number of carbonyl (C=O) groups is 2. The predicted octanol–water partition coefficient (Wildman–Crippen LogP) is 3.05. The topological polar surface area (TPSA) is 92.8 Å². The van der Waals surface area contributed by atoms with Crippen LogP contribution in [0.2, 0.25) is 0 Å². The average Bonchev–Trinajstić information content (AvgIpc) is 2.64. The molecule has 1 N–H and O–H groups in total. The highest BCUT2D eigenvalue weighted by Gasteiger charge is 2.22. The van der Waals surface area contributed by atoms with Crippen LogP contribution in [0.5, 0.6) is 0 Å². The number of hydrogen-bond acceptors (Lipinski definition) is 5. The minimum absolute atomic E-state index is 0.0650. The van der Waals surface area contributed by atoms with Crippen LogP contribution in [0, 0.1) is 20.8 Å². The van der Waals surface area contributed by atoms with Crippen LogP contribution < -0.4 is 5.32 Å². The first-order valence-electron chi connectivity index (χ1n) is 9.05. The van der Waals surface area contributed by atoms with E-state index in [1.165, 1.54) is 45.3 Å². The molecule has 0 aliphatic heterocycles. The van der Waals surface area contributed by atoms with Crippen LogP contribution in [-0.4, -0.2) is 44.8 Å². The van der Waals surface area contributed by atoms with Gasteiger partial charge in [0.1, 0.15) is 0 Å². The van der Waals surface area contributed by atoms with E-state index in [1.807, 2.05) is 32.9 Å². The van der Waals surface area contributed by atoms with Crippen molar-refractivity contribution in [1.82, 2.24) is 4.31 Å². The SMILES string of the molecule is Cc1cc(C)c(NC(=O)[C@H](C)OC(=O)c2ccc(S(=O)(=O)N(C)C)cc2)c(C)c1. The summed E-state index contributed by atoms with van der Waals surface area (Å²) in [4.78, 5) is 24.8. The number of sulfonamides is 1. The van der Waals surface area contributed by atoms with Gasteiger partial charge in [0.15, 0.2) is 6.10 Å². The van der Waals surface area contributed by atoms with Gasteiger partial charge in [0.05, 0.1) is 10.5 Å². The number of carbonyl (C=O) groups excluding carboxylic acids is 2. The summed E-state index contributed by atoms with van der Waals surface area (Å²) in [6, 6.07) is 9.30. The fourth-order valence-corrected chi connectivity index (χ4v) is 3.76. The van der Waals surface area contributed by atoms with Crippen LogP contribution in [0.15, 0.2) is 41.3 Å². The van der Waals surface area contributed by atoms with Crippen molar-refractivity contribution in [2.45, 2.75) is 38.7 Å². The zero-order valence-electron chi connectivity index (χ0n) is 17.4. The Balaban J connectivity index is 2.08. The number of anilines is 1. The average molecular weight is 419 g/mol. The van der Waals surface area contributed by atoms with Crippen molar-refractivity contribution in [3.05, 3.63) is 58.7 Å². The van der Waals surface area contributed by atoms with Crippen LogP contribution in [0.3, 0.4) is 0 Å². The molecule has 1 atom stereocenters. The summed E-state index contributed by atoms with van der Waals surface area (Å²) >= 11 is 0. The molecular formula is C21H26N2O5S. The Bertz CT molecular complexity index is 1000. The van der Waals surface area contributed by atoms with Crippen molar-refractivity contribution in [3.8, 4) is 0 Å². The molecule has 29 heavy (non-hydrogen) atoms. The molecule has 0 radical (unpaired) electrons. The van der Waals surface area contributed by atoms with E-state index in [1.54, 1.807) is 0 Å². The third-order valence-electron chi connectivity index (χ3n) is 4.45. The maximum absolute atomic E-state index is 12.5. The van der Waals surface area contributed by atoms with E-state index in [9.17, 15) is 18.0 Å². The monoisotopic (exact) mass is 418 g/mol. The molecule has 7 nitrogen and oxygen atoms in total. The zero-order valence-corrected chi connectivity index (χ0v) is 18.3. The van der Waals surface area contributed by atoms with Gasteiger partial charge in [-0.15, -0.1) is 0 Å². The minimum Gasteiger partial charge on any atom is -0.449 e. The van der Waals surface area contributed by atoms with Crippen molar-refractivity contribution in [3.63, 3.8) is 0 Å². The second kappa shape index (κ2) is 8.75. The van der Waals surface area contributed by atoms with Crippen molar-refractivity contribution >= 4 is 27.6 Å². The lowest BCUT2D eigenvalue weighted by Gasteiger charge is -2.17. The number of nitrogens with zero attached hydrogens (tertiary/aromatic N) is 1. The number of amides is 1. The lowest BCUT2D eigenvalue weighted by atomic mass is 10.0. The van der Waals surface area contributed by atoms with E-state index >= 15 is 0 Å². The fraction of sp³-hybridized carbons (Fsp3) is 0.333. The molecule has 1 amide bonds. The number of aryl methyl sites for hydroxylation is 3. The molecule has 156 valence electrons. The maximum Gasteiger partial charge on any atom is 0.338 e. The van der Waals surface area contributed by atoms with Crippen LogP contribution in [-0.2, 0) is 19.6 Å². The summed E-state index contributed by atoms with van der Waals surface area (Å²) < 4.78 is 30.5. The van der Waals surface area contributed by atoms with E-state index in [-0.39, 0.29) is 10.5 Å². The van der Waals surface area contributed by atoms with Crippen molar-refractivity contribution in [1.29, 1.82) is 0 Å². The van der Waals surface area contributed by atoms with Gasteiger partial charge in [0.25, 0.3) is 5.91 Å². The lowest BCUT2D eigenvalue weighted by molar-refractivity contribution is -0.123. The molecule has 0 saturated heterocycles.